The van der Waals surface area contributed by atoms with Crippen LogP contribution in [0.5, 0.6) is 5.75 Å². The molecule has 10 heteroatoms. The molecule has 0 saturated carbocycles. The molecule has 0 bridgehead atoms. The first-order chi connectivity index (χ1) is 17.3. The number of methoxy groups -OCH3 is 1. The number of hydrogen-bond acceptors (Lipinski definition) is 8. The number of hydrogen-bond donors (Lipinski definition) is 0. The number of rotatable bonds is 7. The van der Waals surface area contributed by atoms with Crippen molar-refractivity contribution in [3.05, 3.63) is 95.6 Å². The summed E-state index contributed by atoms with van der Waals surface area (Å²) in [6.45, 7) is 3.29. The second kappa shape index (κ2) is 11.0. The number of ether oxygens (including phenoxy) is 3. The highest BCUT2D eigenvalue weighted by Gasteiger charge is 2.34. The first kappa shape index (κ1) is 25.6. The number of esters is 2. The highest BCUT2D eigenvalue weighted by Crippen LogP contribution is 2.34. The molecule has 2 heterocycles. The molecule has 2 aromatic carbocycles. The summed E-state index contributed by atoms with van der Waals surface area (Å²) in [5, 5.41) is 0.397. The number of thiazole rings is 1. The quantitative estimate of drug-likeness (QED) is 0.267. The van der Waals surface area contributed by atoms with Gasteiger partial charge in [-0.3, -0.25) is 14.2 Å². The van der Waals surface area contributed by atoms with Gasteiger partial charge in [0.25, 0.3) is 5.56 Å². The number of nitrogens with zero attached hydrogens (tertiary/aromatic N) is 2. The number of carbonyl (C=O) groups is 2. The molecule has 0 fully saturated rings. The summed E-state index contributed by atoms with van der Waals surface area (Å²) < 4.78 is 17.5. The summed E-state index contributed by atoms with van der Waals surface area (Å²) >= 11 is 7.70. The zero-order chi connectivity index (χ0) is 25.8. The molecule has 1 atom stereocenters. The minimum atomic E-state index is -0.837. The average molecular weight is 527 g/mol. The first-order valence-corrected chi connectivity index (χ1v) is 12.2. The molecule has 1 aliphatic heterocycles. The normalized spacial score (nSPS) is 15.3. The van der Waals surface area contributed by atoms with Crippen molar-refractivity contribution in [1.82, 2.24) is 4.57 Å². The molecular weight excluding hydrogens is 504 g/mol. The van der Waals surface area contributed by atoms with Crippen LogP contribution in [0, 0.1) is 0 Å². The Morgan fingerprint density at radius 1 is 1.14 bits per heavy atom. The molecule has 8 nitrogen and oxygen atoms in total. The van der Waals surface area contributed by atoms with Crippen LogP contribution >= 0.6 is 22.9 Å². The van der Waals surface area contributed by atoms with E-state index in [2.05, 4.69) is 4.99 Å². The van der Waals surface area contributed by atoms with Crippen LogP contribution in [0.1, 0.15) is 31.0 Å². The molecular formula is C26H23ClN2O6S. The SMILES string of the molecule is COCCOC(=O)C1=C(C)N=c2s/c(=C/c3ccccc3OC(C)=O)c(=O)n2[C@@H]1c1ccccc1Cl. The first-order valence-electron chi connectivity index (χ1n) is 11.0. The number of aromatic nitrogens is 1. The lowest BCUT2D eigenvalue weighted by Crippen LogP contribution is -2.40. The molecule has 36 heavy (non-hydrogen) atoms. The maximum Gasteiger partial charge on any atom is 0.338 e. The summed E-state index contributed by atoms with van der Waals surface area (Å²) in [6.07, 6.45) is 1.64. The van der Waals surface area contributed by atoms with Gasteiger partial charge in [-0.25, -0.2) is 9.79 Å². The second-order valence-electron chi connectivity index (χ2n) is 7.86. The van der Waals surface area contributed by atoms with Crippen LogP contribution in [0.4, 0.5) is 0 Å². The molecule has 4 rings (SSSR count). The maximum absolute atomic E-state index is 13.7. The molecule has 0 unspecified atom stereocenters. The van der Waals surface area contributed by atoms with Gasteiger partial charge in [0.05, 0.1) is 22.4 Å². The molecule has 186 valence electrons. The van der Waals surface area contributed by atoms with Crippen molar-refractivity contribution < 1.29 is 23.8 Å². The molecule has 0 radical (unpaired) electrons. The van der Waals surface area contributed by atoms with Gasteiger partial charge < -0.3 is 14.2 Å². The predicted molar refractivity (Wildman–Crippen MR) is 136 cm³/mol. The standard InChI is InChI=1S/C26H23ClN2O6S/c1-15-22(25(32)34-13-12-33-3)23(18-9-5-6-10-19(18)27)29-24(31)21(36-26(29)28-15)14-17-8-4-7-11-20(17)35-16(2)30/h4-11,14,23H,12-13H2,1-3H3/b21-14+/t23-/m1/s1. The Balaban J connectivity index is 1.91. The lowest BCUT2D eigenvalue weighted by Gasteiger charge is -2.25. The van der Waals surface area contributed by atoms with E-state index >= 15 is 0 Å². The van der Waals surface area contributed by atoms with Gasteiger partial charge in [-0.05, 0) is 30.7 Å². The number of allylic oxidation sites excluding steroid dienone is 1. The Labute approximate surface area is 215 Å². The highest BCUT2D eigenvalue weighted by atomic mass is 35.5. The Kier molecular flexibility index (Phi) is 7.83. The van der Waals surface area contributed by atoms with E-state index in [0.29, 0.717) is 36.9 Å². The molecule has 0 amide bonds. The van der Waals surface area contributed by atoms with Crippen LogP contribution in [0.15, 0.2) is 69.6 Å². The molecule has 1 aromatic heterocycles. The van der Waals surface area contributed by atoms with Crippen molar-refractivity contribution in [3.8, 4) is 5.75 Å². The Morgan fingerprint density at radius 3 is 2.58 bits per heavy atom. The van der Waals surface area contributed by atoms with Gasteiger partial charge in [0.2, 0.25) is 0 Å². The van der Waals surface area contributed by atoms with Gasteiger partial charge in [-0.1, -0.05) is 59.3 Å². The van der Waals surface area contributed by atoms with Gasteiger partial charge in [0.15, 0.2) is 4.80 Å². The summed E-state index contributed by atoms with van der Waals surface area (Å²) in [7, 11) is 1.51. The van der Waals surface area contributed by atoms with E-state index < -0.39 is 18.0 Å². The van der Waals surface area contributed by atoms with Crippen molar-refractivity contribution in [2.45, 2.75) is 19.9 Å². The van der Waals surface area contributed by atoms with Crippen molar-refractivity contribution in [1.29, 1.82) is 0 Å². The van der Waals surface area contributed by atoms with E-state index in [1.807, 2.05) is 0 Å². The molecule has 0 aliphatic carbocycles. The topological polar surface area (TPSA) is 96.2 Å². The minimum absolute atomic E-state index is 0.0543. The van der Waals surface area contributed by atoms with Gasteiger partial charge in [0, 0.05) is 24.6 Å². The van der Waals surface area contributed by atoms with Crippen LogP contribution < -0.4 is 19.6 Å². The van der Waals surface area contributed by atoms with Gasteiger partial charge in [-0.15, -0.1) is 0 Å². The van der Waals surface area contributed by atoms with E-state index in [9.17, 15) is 14.4 Å². The fourth-order valence-corrected chi connectivity index (χ4v) is 5.13. The maximum atomic E-state index is 13.7. The van der Waals surface area contributed by atoms with Crippen LogP contribution in [0.3, 0.4) is 0 Å². The monoisotopic (exact) mass is 526 g/mol. The summed E-state index contributed by atoms with van der Waals surface area (Å²) in [6, 6.07) is 13.1. The Hall–Kier alpha value is -3.53. The van der Waals surface area contributed by atoms with Gasteiger partial charge in [0.1, 0.15) is 18.4 Å². The molecule has 0 saturated heterocycles. The third-order valence-corrected chi connectivity index (χ3v) is 6.75. The van der Waals surface area contributed by atoms with Crippen molar-refractivity contribution in [2.24, 2.45) is 4.99 Å². The van der Waals surface area contributed by atoms with E-state index in [-0.39, 0.29) is 24.3 Å². The van der Waals surface area contributed by atoms with Crippen LogP contribution in [-0.4, -0.2) is 36.8 Å². The summed E-state index contributed by atoms with van der Waals surface area (Å²) in [5.41, 5.74) is 1.41. The summed E-state index contributed by atoms with van der Waals surface area (Å²) in [4.78, 5) is 43.3. The van der Waals surface area contributed by atoms with E-state index in [1.165, 1.54) is 29.9 Å². The van der Waals surface area contributed by atoms with Gasteiger partial charge in [-0.2, -0.15) is 0 Å². The fraction of sp³-hybridized carbons (Fsp3) is 0.231. The van der Waals surface area contributed by atoms with Crippen LogP contribution in [-0.2, 0) is 19.1 Å². The third kappa shape index (κ3) is 5.18. The lowest BCUT2D eigenvalue weighted by atomic mass is 9.96. The predicted octanol–water partition coefficient (Wildman–Crippen LogP) is 3.00. The smallest absolute Gasteiger partial charge is 0.338 e. The van der Waals surface area contributed by atoms with E-state index in [0.717, 1.165) is 0 Å². The van der Waals surface area contributed by atoms with Gasteiger partial charge >= 0.3 is 11.9 Å². The molecule has 0 N–H and O–H groups in total. The Morgan fingerprint density at radius 2 is 1.86 bits per heavy atom. The van der Waals surface area contributed by atoms with Crippen molar-refractivity contribution in [2.75, 3.05) is 20.3 Å². The van der Waals surface area contributed by atoms with Crippen molar-refractivity contribution >= 4 is 41.0 Å². The summed E-state index contributed by atoms with van der Waals surface area (Å²) in [5.74, 6) is -0.743. The number of para-hydroxylation sites is 1. The number of benzene rings is 2. The fourth-order valence-electron chi connectivity index (χ4n) is 3.86. The minimum Gasteiger partial charge on any atom is -0.460 e. The van der Waals surface area contributed by atoms with E-state index in [4.69, 9.17) is 25.8 Å². The zero-order valence-electron chi connectivity index (χ0n) is 19.8. The molecule has 0 spiro atoms. The molecule has 3 aromatic rings. The number of halogens is 1. The number of fused-ring (bicyclic) bond motifs is 1. The van der Waals surface area contributed by atoms with Crippen molar-refractivity contribution in [3.63, 3.8) is 0 Å². The third-order valence-electron chi connectivity index (χ3n) is 5.42. The second-order valence-corrected chi connectivity index (χ2v) is 9.28. The van der Waals surface area contributed by atoms with Crippen LogP contribution in [0.2, 0.25) is 5.02 Å². The zero-order valence-corrected chi connectivity index (χ0v) is 21.4. The Bertz CT molecular complexity index is 1540. The lowest BCUT2D eigenvalue weighted by molar-refractivity contribution is -0.140. The van der Waals surface area contributed by atoms with Crippen LogP contribution in [0.25, 0.3) is 6.08 Å². The largest absolute Gasteiger partial charge is 0.460 e. The number of carbonyl (C=O) groups excluding carboxylic acids is 2. The highest BCUT2D eigenvalue weighted by molar-refractivity contribution is 7.07. The van der Waals surface area contributed by atoms with E-state index in [1.54, 1.807) is 61.5 Å². The average Bonchev–Trinajstić information content (AvgIpc) is 3.14. The molecule has 1 aliphatic rings.